The molecular weight excluding hydrogens is 348 g/mol. The minimum Gasteiger partial charge on any atom is -0.476 e. The number of aryl methyl sites for hydroxylation is 2. The summed E-state index contributed by atoms with van der Waals surface area (Å²) in [6.45, 7) is 2.83. The van der Waals surface area contributed by atoms with Crippen LogP contribution >= 0.6 is 0 Å². The van der Waals surface area contributed by atoms with E-state index in [1.807, 2.05) is 0 Å². The van der Waals surface area contributed by atoms with Gasteiger partial charge in [0.05, 0.1) is 5.69 Å². The smallest absolute Gasteiger partial charge is 0.461 e. The molecule has 1 aromatic heterocycles. The summed E-state index contributed by atoms with van der Waals surface area (Å²) < 4.78 is 55.6. The second-order valence-corrected chi connectivity index (χ2v) is 5.13. The van der Waals surface area contributed by atoms with Crippen LogP contribution in [0.1, 0.15) is 21.7 Å². The van der Waals surface area contributed by atoms with E-state index in [1.54, 1.807) is 0 Å². The second kappa shape index (κ2) is 6.54. The van der Waals surface area contributed by atoms with E-state index in [0.29, 0.717) is 5.69 Å². The highest BCUT2D eigenvalue weighted by Gasteiger charge is 2.44. The summed E-state index contributed by atoms with van der Waals surface area (Å²) in [5.74, 6) is -1.99. The molecular formula is C15H12F4N2O4. The van der Waals surface area contributed by atoms with Crippen LogP contribution < -0.4 is 10.2 Å². The molecule has 0 amide bonds. The third-order valence-electron chi connectivity index (χ3n) is 3.21. The lowest BCUT2D eigenvalue weighted by Crippen LogP contribution is -2.33. The first-order chi connectivity index (χ1) is 11.5. The Labute approximate surface area is 138 Å². The molecule has 2 aromatic rings. The normalized spacial score (nSPS) is 11.6. The molecule has 1 aromatic carbocycles. The minimum absolute atomic E-state index is 0.0922. The number of hydrogen-bond donors (Lipinski definition) is 1. The number of ether oxygens (including phenoxy) is 1. The molecule has 0 radical (unpaired) electrons. The summed E-state index contributed by atoms with van der Waals surface area (Å²) in [5, 5.41) is 12.7. The molecule has 25 heavy (non-hydrogen) atoms. The number of benzene rings is 1. The van der Waals surface area contributed by atoms with Crippen molar-refractivity contribution in [2.75, 3.05) is 0 Å². The van der Waals surface area contributed by atoms with Gasteiger partial charge in [-0.1, -0.05) is 0 Å². The number of hydrogen-bond acceptors (Lipinski definition) is 4. The lowest BCUT2D eigenvalue weighted by atomic mass is 10.2. The summed E-state index contributed by atoms with van der Waals surface area (Å²) in [4.78, 5) is 22.6. The maximum atomic E-state index is 13.0. The van der Waals surface area contributed by atoms with Crippen LogP contribution in [0.5, 0.6) is 5.75 Å². The van der Waals surface area contributed by atoms with E-state index in [9.17, 15) is 27.2 Å². The van der Waals surface area contributed by atoms with Crippen molar-refractivity contribution in [2.45, 2.75) is 26.4 Å². The molecule has 0 spiro atoms. The molecule has 134 valence electrons. The summed E-state index contributed by atoms with van der Waals surface area (Å²) in [6, 6.07) is 4.59. The molecule has 0 aliphatic carbocycles. The van der Waals surface area contributed by atoms with Crippen molar-refractivity contribution in [1.29, 1.82) is 0 Å². The molecule has 1 N–H and O–H groups in total. The second-order valence-electron chi connectivity index (χ2n) is 5.13. The lowest BCUT2D eigenvalue weighted by molar-refractivity contribution is -0.253. The zero-order chi connectivity index (χ0) is 18.9. The van der Waals surface area contributed by atoms with Crippen molar-refractivity contribution in [3.8, 4) is 11.4 Å². The van der Waals surface area contributed by atoms with Crippen molar-refractivity contribution in [2.24, 2.45) is 0 Å². The van der Waals surface area contributed by atoms with Gasteiger partial charge in [0.2, 0.25) is 11.1 Å². The quantitative estimate of drug-likeness (QED) is 0.830. The molecule has 0 aliphatic heterocycles. The lowest BCUT2D eigenvalue weighted by Gasteiger charge is -2.19. The molecule has 2 rings (SSSR count). The highest BCUT2D eigenvalue weighted by molar-refractivity contribution is 5.84. The van der Waals surface area contributed by atoms with E-state index >= 15 is 0 Å². The predicted molar refractivity (Wildman–Crippen MR) is 77.8 cm³/mol. The fourth-order valence-electron chi connectivity index (χ4n) is 2.03. The maximum Gasteiger partial charge on any atom is 0.461 e. The number of nitrogens with zero attached hydrogens (tertiary/aromatic N) is 2. The van der Waals surface area contributed by atoms with Gasteiger partial charge >= 0.3 is 18.5 Å². The topological polar surface area (TPSA) is 81.4 Å². The van der Waals surface area contributed by atoms with Crippen LogP contribution in [0.4, 0.5) is 17.6 Å². The average Bonchev–Trinajstić information content (AvgIpc) is 2.48. The van der Waals surface area contributed by atoms with Gasteiger partial charge in [0, 0.05) is 11.8 Å². The maximum absolute atomic E-state index is 13.0. The molecule has 10 heteroatoms. The molecule has 6 nitrogen and oxygen atoms in total. The van der Waals surface area contributed by atoms with E-state index in [-0.39, 0.29) is 11.3 Å². The number of carboxylic acids is 1. The SMILES string of the molecule is Cc1cc(-n2nc(C(=O)O)c(=O)cc2C)ccc1OC(F)(F)C(F)F. The molecule has 0 bridgehead atoms. The Morgan fingerprint density at radius 1 is 1.28 bits per heavy atom. The van der Waals surface area contributed by atoms with Gasteiger partial charge in [0.25, 0.3) is 0 Å². The fraction of sp³-hybridized carbons (Fsp3) is 0.267. The first-order valence-corrected chi connectivity index (χ1v) is 6.83. The molecule has 0 fully saturated rings. The third kappa shape index (κ3) is 3.78. The van der Waals surface area contributed by atoms with Gasteiger partial charge in [0.1, 0.15) is 5.75 Å². The summed E-state index contributed by atoms with van der Waals surface area (Å²) >= 11 is 0. The van der Waals surface area contributed by atoms with E-state index < -0.39 is 35.4 Å². The number of aromatic nitrogens is 2. The Bertz CT molecular complexity index is 880. The highest BCUT2D eigenvalue weighted by atomic mass is 19.3. The van der Waals surface area contributed by atoms with Gasteiger partial charge in [-0.15, -0.1) is 0 Å². The Kier molecular flexibility index (Phi) is 4.82. The Morgan fingerprint density at radius 3 is 2.44 bits per heavy atom. The molecule has 0 aliphatic rings. The first-order valence-electron chi connectivity index (χ1n) is 6.83. The summed E-state index contributed by atoms with van der Waals surface area (Å²) in [6.07, 6.45) is -8.64. The number of halogens is 4. The highest BCUT2D eigenvalue weighted by Crippen LogP contribution is 2.30. The number of aromatic carboxylic acids is 1. The van der Waals surface area contributed by atoms with Crippen molar-refractivity contribution >= 4 is 5.97 Å². The van der Waals surface area contributed by atoms with Crippen molar-refractivity contribution in [1.82, 2.24) is 9.78 Å². The number of alkyl halides is 4. The minimum atomic E-state index is -4.64. The predicted octanol–water partition coefficient (Wildman–Crippen LogP) is 2.78. The van der Waals surface area contributed by atoms with Gasteiger partial charge in [-0.05, 0) is 37.6 Å². The standard InChI is InChI=1S/C15H12F4N2O4/c1-7-5-9(3-4-11(7)25-15(18,19)14(16)17)21-8(2)6-10(22)12(20-21)13(23)24/h3-6,14H,1-2H3,(H,23,24). The molecule has 0 saturated carbocycles. The summed E-state index contributed by atoms with van der Waals surface area (Å²) in [7, 11) is 0. The van der Waals surface area contributed by atoms with Crippen LogP contribution in [0.15, 0.2) is 29.1 Å². The Morgan fingerprint density at radius 2 is 1.92 bits per heavy atom. The fourth-order valence-corrected chi connectivity index (χ4v) is 2.03. The van der Waals surface area contributed by atoms with Crippen LogP contribution in [0.3, 0.4) is 0 Å². The van der Waals surface area contributed by atoms with Crippen molar-refractivity contribution in [3.05, 3.63) is 51.4 Å². The first kappa shape index (κ1) is 18.4. The molecule has 1 heterocycles. The van der Waals surface area contributed by atoms with Gasteiger partial charge in [0.15, 0.2) is 0 Å². The van der Waals surface area contributed by atoms with Crippen molar-refractivity contribution < 1.29 is 32.2 Å². The molecule has 0 saturated heterocycles. The molecule has 0 unspecified atom stereocenters. The van der Waals surface area contributed by atoms with Crippen LogP contribution in [0.25, 0.3) is 5.69 Å². The monoisotopic (exact) mass is 360 g/mol. The number of rotatable bonds is 5. The van der Waals surface area contributed by atoms with Gasteiger partial charge in [-0.25, -0.2) is 9.48 Å². The van der Waals surface area contributed by atoms with Gasteiger partial charge < -0.3 is 9.84 Å². The van der Waals surface area contributed by atoms with Crippen LogP contribution in [-0.2, 0) is 0 Å². The largest absolute Gasteiger partial charge is 0.476 e. The third-order valence-corrected chi connectivity index (χ3v) is 3.21. The average molecular weight is 360 g/mol. The van der Waals surface area contributed by atoms with Crippen LogP contribution in [-0.4, -0.2) is 33.4 Å². The van der Waals surface area contributed by atoms with Gasteiger partial charge in [-0.2, -0.15) is 22.7 Å². The molecule has 0 atom stereocenters. The van der Waals surface area contributed by atoms with Gasteiger partial charge in [-0.3, -0.25) is 4.79 Å². The summed E-state index contributed by atoms with van der Waals surface area (Å²) in [5.41, 5.74) is -0.872. The van der Waals surface area contributed by atoms with Crippen LogP contribution in [0.2, 0.25) is 0 Å². The number of carboxylic acid groups (broad SMARTS) is 1. The van der Waals surface area contributed by atoms with E-state index in [4.69, 9.17) is 5.11 Å². The number of carbonyl (C=O) groups is 1. The van der Waals surface area contributed by atoms with E-state index in [2.05, 4.69) is 9.84 Å². The Hall–Kier alpha value is -2.91. The van der Waals surface area contributed by atoms with Crippen LogP contribution in [0, 0.1) is 13.8 Å². The zero-order valence-corrected chi connectivity index (χ0v) is 13.0. The zero-order valence-electron chi connectivity index (χ0n) is 13.0. The van der Waals surface area contributed by atoms with E-state index in [0.717, 1.165) is 16.8 Å². The Balaban J connectivity index is 2.46. The van der Waals surface area contributed by atoms with E-state index in [1.165, 1.54) is 26.0 Å². The van der Waals surface area contributed by atoms with Crippen molar-refractivity contribution in [3.63, 3.8) is 0 Å².